The van der Waals surface area contributed by atoms with Crippen molar-refractivity contribution in [2.24, 2.45) is 12.8 Å². The molecular weight excluding hydrogens is 255 g/mol. The molecule has 0 atom stereocenters. The summed E-state index contributed by atoms with van der Waals surface area (Å²) in [6.45, 7) is 0. The van der Waals surface area contributed by atoms with Gasteiger partial charge in [0.15, 0.2) is 5.15 Å². The maximum absolute atomic E-state index is 12.8. The van der Waals surface area contributed by atoms with E-state index in [4.69, 9.17) is 17.3 Å². The summed E-state index contributed by atoms with van der Waals surface area (Å²) in [7, 11) is 1.24. The number of halogens is 4. The van der Waals surface area contributed by atoms with E-state index in [1.165, 1.54) is 7.05 Å². The summed E-state index contributed by atoms with van der Waals surface area (Å²) in [5, 5.41) is 3.54. The molecule has 96 valence electrons. The van der Waals surface area contributed by atoms with Crippen molar-refractivity contribution in [1.29, 1.82) is 0 Å². The van der Waals surface area contributed by atoms with Gasteiger partial charge in [-0.2, -0.15) is 18.3 Å². The number of aryl methyl sites for hydroxylation is 1. The highest BCUT2D eigenvalue weighted by Crippen LogP contribution is 2.40. The van der Waals surface area contributed by atoms with Gasteiger partial charge in [-0.05, 0) is 25.7 Å². The van der Waals surface area contributed by atoms with Gasteiger partial charge in [0.1, 0.15) is 5.69 Å². The molecule has 1 heterocycles. The standard InChI is InChI=1S/C10H13ClF3N3/c1-17-7(10(12,13)14)6(8(11)16-17)2-3-9(15)4-5-9/h2-5,15H2,1H3. The van der Waals surface area contributed by atoms with E-state index in [1.807, 2.05) is 0 Å². The number of rotatable bonds is 3. The van der Waals surface area contributed by atoms with Gasteiger partial charge < -0.3 is 5.73 Å². The van der Waals surface area contributed by atoms with E-state index >= 15 is 0 Å². The van der Waals surface area contributed by atoms with E-state index in [-0.39, 0.29) is 22.7 Å². The number of nitrogens with zero attached hydrogens (tertiary/aromatic N) is 2. The highest BCUT2D eigenvalue weighted by molar-refractivity contribution is 6.30. The minimum atomic E-state index is -4.43. The lowest BCUT2D eigenvalue weighted by molar-refractivity contribution is -0.144. The van der Waals surface area contributed by atoms with E-state index in [0.29, 0.717) is 6.42 Å². The van der Waals surface area contributed by atoms with Crippen LogP contribution >= 0.6 is 11.6 Å². The van der Waals surface area contributed by atoms with Gasteiger partial charge in [-0.3, -0.25) is 4.68 Å². The molecular formula is C10H13ClF3N3. The first-order chi connectivity index (χ1) is 7.73. The van der Waals surface area contributed by atoms with Gasteiger partial charge in [0, 0.05) is 18.2 Å². The Bertz CT molecular complexity index is 435. The first-order valence-electron chi connectivity index (χ1n) is 5.30. The zero-order valence-electron chi connectivity index (χ0n) is 9.31. The van der Waals surface area contributed by atoms with Crippen molar-refractivity contribution >= 4 is 11.6 Å². The largest absolute Gasteiger partial charge is 0.433 e. The fraction of sp³-hybridized carbons (Fsp3) is 0.700. The summed E-state index contributed by atoms with van der Waals surface area (Å²) in [5.41, 5.74) is 4.85. The van der Waals surface area contributed by atoms with Crippen molar-refractivity contribution < 1.29 is 13.2 Å². The monoisotopic (exact) mass is 267 g/mol. The van der Waals surface area contributed by atoms with Crippen molar-refractivity contribution in [2.75, 3.05) is 0 Å². The van der Waals surface area contributed by atoms with Gasteiger partial charge in [0.05, 0.1) is 0 Å². The van der Waals surface area contributed by atoms with Crippen molar-refractivity contribution in [1.82, 2.24) is 9.78 Å². The minimum absolute atomic E-state index is 0.0541. The lowest BCUT2D eigenvalue weighted by Gasteiger charge is -2.12. The Morgan fingerprint density at radius 2 is 2.06 bits per heavy atom. The molecule has 0 amide bonds. The van der Waals surface area contributed by atoms with Crippen LogP contribution in [0.5, 0.6) is 0 Å². The summed E-state index contributed by atoms with van der Waals surface area (Å²) < 4.78 is 39.2. The summed E-state index contributed by atoms with van der Waals surface area (Å²) in [6, 6.07) is 0. The summed E-state index contributed by atoms with van der Waals surface area (Å²) >= 11 is 5.73. The maximum Gasteiger partial charge on any atom is 0.433 e. The number of hydrogen-bond acceptors (Lipinski definition) is 2. The van der Waals surface area contributed by atoms with Crippen molar-refractivity contribution in [3.8, 4) is 0 Å². The topological polar surface area (TPSA) is 43.8 Å². The third-order valence-corrected chi connectivity index (χ3v) is 3.43. The van der Waals surface area contributed by atoms with Gasteiger partial charge in [0.25, 0.3) is 0 Å². The molecule has 0 aromatic carbocycles. The Kier molecular flexibility index (Phi) is 2.90. The molecule has 0 unspecified atom stereocenters. The Balaban J connectivity index is 2.25. The third kappa shape index (κ3) is 2.57. The summed E-state index contributed by atoms with van der Waals surface area (Å²) in [4.78, 5) is 0. The molecule has 2 rings (SSSR count). The van der Waals surface area contributed by atoms with Crippen LogP contribution in [0.25, 0.3) is 0 Å². The fourth-order valence-corrected chi connectivity index (χ4v) is 2.19. The van der Waals surface area contributed by atoms with Crippen LogP contribution in [-0.4, -0.2) is 15.3 Å². The Morgan fingerprint density at radius 1 is 1.47 bits per heavy atom. The van der Waals surface area contributed by atoms with E-state index in [1.54, 1.807) is 0 Å². The number of nitrogens with two attached hydrogens (primary N) is 1. The molecule has 0 spiro atoms. The zero-order valence-corrected chi connectivity index (χ0v) is 10.1. The molecule has 1 aromatic rings. The van der Waals surface area contributed by atoms with Crippen molar-refractivity contribution in [3.63, 3.8) is 0 Å². The normalized spacial score (nSPS) is 18.5. The van der Waals surface area contributed by atoms with Crippen molar-refractivity contribution in [3.05, 3.63) is 16.4 Å². The van der Waals surface area contributed by atoms with E-state index < -0.39 is 11.9 Å². The van der Waals surface area contributed by atoms with Gasteiger partial charge >= 0.3 is 6.18 Å². The Labute approximate surface area is 102 Å². The van der Waals surface area contributed by atoms with E-state index in [9.17, 15) is 13.2 Å². The number of alkyl halides is 3. The quantitative estimate of drug-likeness (QED) is 0.914. The molecule has 1 aromatic heterocycles. The molecule has 1 saturated carbocycles. The number of hydrogen-bond donors (Lipinski definition) is 1. The lowest BCUT2D eigenvalue weighted by atomic mass is 10.0. The SMILES string of the molecule is Cn1nc(Cl)c(CCC2(N)CC2)c1C(F)(F)F. The second kappa shape index (κ2) is 3.88. The van der Waals surface area contributed by atoms with Gasteiger partial charge in [-0.1, -0.05) is 11.6 Å². The lowest BCUT2D eigenvalue weighted by Crippen LogP contribution is -2.23. The van der Waals surface area contributed by atoms with Crippen LogP contribution in [0.15, 0.2) is 0 Å². The van der Waals surface area contributed by atoms with Crippen LogP contribution in [0.2, 0.25) is 5.15 Å². The molecule has 2 N–H and O–H groups in total. The van der Waals surface area contributed by atoms with Crippen LogP contribution in [-0.2, 0) is 19.6 Å². The molecule has 0 aliphatic heterocycles. The van der Waals surface area contributed by atoms with Crippen LogP contribution < -0.4 is 5.73 Å². The highest BCUT2D eigenvalue weighted by Gasteiger charge is 2.41. The van der Waals surface area contributed by atoms with E-state index in [0.717, 1.165) is 17.5 Å². The van der Waals surface area contributed by atoms with Crippen LogP contribution in [0.1, 0.15) is 30.5 Å². The second-order valence-corrected chi connectivity index (χ2v) is 4.96. The third-order valence-electron chi connectivity index (χ3n) is 3.13. The van der Waals surface area contributed by atoms with Crippen LogP contribution in [0.4, 0.5) is 13.2 Å². The molecule has 7 heteroatoms. The fourth-order valence-electron chi connectivity index (χ4n) is 1.90. The maximum atomic E-state index is 12.8. The molecule has 1 aliphatic rings. The molecule has 0 bridgehead atoms. The first kappa shape index (κ1) is 12.7. The highest BCUT2D eigenvalue weighted by atomic mass is 35.5. The smallest absolute Gasteiger partial charge is 0.325 e. The molecule has 0 radical (unpaired) electrons. The second-order valence-electron chi connectivity index (χ2n) is 4.60. The molecule has 1 fully saturated rings. The van der Waals surface area contributed by atoms with Gasteiger partial charge in [-0.25, -0.2) is 0 Å². The first-order valence-corrected chi connectivity index (χ1v) is 5.68. The zero-order chi connectivity index (χ0) is 12.8. The number of aromatic nitrogens is 2. The average molecular weight is 268 g/mol. The van der Waals surface area contributed by atoms with Crippen LogP contribution in [0, 0.1) is 0 Å². The Morgan fingerprint density at radius 3 is 2.53 bits per heavy atom. The predicted molar refractivity (Wildman–Crippen MR) is 57.7 cm³/mol. The summed E-state index contributed by atoms with van der Waals surface area (Å²) in [6.07, 6.45) is -1.96. The predicted octanol–water partition coefficient (Wildman–Crippen LogP) is 2.52. The molecule has 1 aliphatic carbocycles. The van der Waals surface area contributed by atoms with Crippen LogP contribution in [0.3, 0.4) is 0 Å². The van der Waals surface area contributed by atoms with Gasteiger partial charge in [0.2, 0.25) is 0 Å². The summed E-state index contributed by atoms with van der Waals surface area (Å²) in [5.74, 6) is 0. The van der Waals surface area contributed by atoms with E-state index in [2.05, 4.69) is 5.10 Å². The average Bonchev–Trinajstić information content (AvgIpc) is 2.80. The molecule has 0 saturated heterocycles. The van der Waals surface area contributed by atoms with Crippen molar-refractivity contribution in [2.45, 2.75) is 37.4 Å². The molecule has 17 heavy (non-hydrogen) atoms. The molecule has 3 nitrogen and oxygen atoms in total. The minimum Gasteiger partial charge on any atom is -0.325 e. The van der Waals surface area contributed by atoms with Gasteiger partial charge in [-0.15, -0.1) is 0 Å². The Hall–Kier alpha value is -0.750.